The third kappa shape index (κ3) is 5.58. The molecule has 4 atom stereocenters. The molecule has 0 radical (unpaired) electrons. The quantitative estimate of drug-likeness (QED) is 0.720. The molecular formula is C22H36N3O3S+. The Hall–Kier alpha value is -1.44. The Bertz CT molecular complexity index is 776. The van der Waals surface area contributed by atoms with Crippen molar-refractivity contribution in [3.8, 4) is 0 Å². The highest BCUT2D eigenvalue weighted by Gasteiger charge is 2.35. The number of quaternary nitrogens is 1. The van der Waals surface area contributed by atoms with Gasteiger partial charge in [0, 0.05) is 6.04 Å². The summed E-state index contributed by atoms with van der Waals surface area (Å²) in [6, 6.07) is 9.41. The SMILES string of the molecule is C[C@@H]1[C@H](C)CCC[C@H]1NC(=O)[C@@H](C)[NH+]1CCN(S(=O)(=O)Cc2ccccc2)CC1. The summed E-state index contributed by atoms with van der Waals surface area (Å²) in [6.07, 6.45) is 3.48. The number of carbonyl (C=O) groups is 1. The number of amides is 1. The minimum absolute atomic E-state index is 0.0387. The maximum absolute atomic E-state index is 12.8. The molecule has 1 saturated heterocycles. The zero-order chi connectivity index (χ0) is 21.0. The van der Waals surface area contributed by atoms with E-state index in [1.165, 1.54) is 17.7 Å². The van der Waals surface area contributed by atoms with Crippen LogP contribution in [0.5, 0.6) is 0 Å². The average molecular weight is 423 g/mol. The van der Waals surface area contributed by atoms with Crippen molar-refractivity contribution in [1.29, 1.82) is 0 Å². The fourth-order valence-corrected chi connectivity index (χ4v) is 6.17. The first kappa shape index (κ1) is 22.2. The topological polar surface area (TPSA) is 70.9 Å². The zero-order valence-corrected chi connectivity index (χ0v) is 18.7. The van der Waals surface area contributed by atoms with Crippen LogP contribution in [0.2, 0.25) is 0 Å². The molecule has 0 spiro atoms. The molecule has 0 bridgehead atoms. The molecule has 162 valence electrons. The molecule has 1 aromatic carbocycles. The molecule has 29 heavy (non-hydrogen) atoms. The summed E-state index contributed by atoms with van der Waals surface area (Å²) in [5.41, 5.74) is 0.811. The normalized spacial score (nSPS) is 28.0. The van der Waals surface area contributed by atoms with Gasteiger partial charge in [-0.15, -0.1) is 0 Å². The van der Waals surface area contributed by atoms with E-state index in [9.17, 15) is 13.2 Å². The van der Waals surface area contributed by atoms with Gasteiger partial charge >= 0.3 is 0 Å². The van der Waals surface area contributed by atoms with Crippen molar-refractivity contribution in [1.82, 2.24) is 9.62 Å². The molecule has 6 nitrogen and oxygen atoms in total. The van der Waals surface area contributed by atoms with E-state index < -0.39 is 10.0 Å². The standard InChI is InChI=1S/C22H35N3O3S/c1-17-8-7-11-21(18(17)2)23-22(26)19(3)24-12-14-25(15-13-24)29(27,28)16-20-9-5-4-6-10-20/h4-6,9-10,17-19,21H,7-8,11-16H2,1-3H3,(H,23,26)/p+1/t17-,18-,19-,21-/m1/s1. The molecule has 1 aliphatic carbocycles. The van der Waals surface area contributed by atoms with Gasteiger partial charge in [-0.1, -0.05) is 57.0 Å². The minimum Gasteiger partial charge on any atom is -0.348 e. The van der Waals surface area contributed by atoms with Crippen LogP contribution in [0.25, 0.3) is 0 Å². The zero-order valence-electron chi connectivity index (χ0n) is 17.9. The van der Waals surface area contributed by atoms with Crippen LogP contribution >= 0.6 is 0 Å². The third-order valence-electron chi connectivity index (χ3n) is 6.99. The van der Waals surface area contributed by atoms with Crippen LogP contribution in [0.15, 0.2) is 30.3 Å². The monoisotopic (exact) mass is 422 g/mol. The molecule has 1 saturated carbocycles. The lowest BCUT2D eigenvalue weighted by Gasteiger charge is -2.37. The van der Waals surface area contributed by atoms with Gasteiger partial charge < -0.3 is 10.2 Å². The summed E-state index contributed by atoms with van der Waals surface area (Å²) in [6.45, 7) is 8.75. The van der Waals surface area contributed by atoms with Gasteiger partial charge in [0.25, 0.3) is 5.91 Å². The average Bonchev–Trinajstić information content (AvgIpc) is 2.71. The van der Waals surface area contributed by atoms with Gasteiger partial charge in [0.05, 0.1) is 31.9 Å². The second-order valence-corrected chi connectivity index (χ2v) is 10.9. The minimum atomic E-state index is -3.32. The number of rotatable bonds is 6. The van der Waals surface area contributed by atoms with Crippen molar-refractivity contribution >= 4 is 15.9 Å². The summed E-state index contributed by atoms with van der Waals surface area (Å²) in [4.78, 5) is 14.0. The molecular weight excluding hydrogens is 386 g/mol. The third-order valence-corrected chi connectivity index (χ3v) is 8.84. The Balaban J connectivity index is 1.51. The Morgan fingerprint density at radius 3 is 2.48 bits per heavy atom. The Labute approximate surface area is 175 Å². The second kappa shape index (κ2) is 9.58. The number of hydrogen-bond donors (Lipinski definition) is 2. The van der Waals surface area contributed by atoms with Crippen LogP contribution in [0.3, 0.4) is 0 Å². The first-order chi connectivity index (χ1) is 13.8. The van der Waals surface area contributed by atoms with E-state index in [-0.39, 0.29) is 23.7 Å². The molecule has 3 rings (SSSR count). The number of piperazine rings is 1. The number of sulfonamides is 1. The molecule has 0 aromatic heterocycles. The highest BCUT2D eigenvalue weighted by atomic mass is 32.2. The fraction of sp³-hybridized carbons (Fsp3) is 0.682. The smallest absolute Gasteiger partial charge is 0.278 e. The molecule has 2 fully saturated rings. The largest absolute Gasteiger partial charge is 0.348 e. The molecule has 1 amide bonds. The molecule has 1 aromatic rings. The number of carbonyl (C=O) groups excluding carboxylic acids is 1. The van der Waals surface area contributed by atoms with Gasteiger partial charge in [0.15, 0.2) is 6.04 Å². The van der Waals surface area contributed by atoms with Crippen LogP contribution in [-0.4, -0.2) is 56.9 Å². The summed E-state index contributed by atoms with van der Waals surface area (Å²) in [7, 11) is -3.32. The second-order valence-electron chi connectivity index (χ2n) is 8.90. The molecule has 1 heterocycles. The van der Waals surface area contributed by atoms with E-state index in [0.29, 0.717) is 38.0 Å². The first-order valence-electron chi connectivity index (χ1n) is 10.9. The highest BCUT2D eigenvalue weighted by Crippen LogP contribution is 2.29. The van der Waals surface area contributed by atoms with Crippen molar-refractivity contribution in [3.63, 3.8) is 0 Å². The molecule has 2 N–H and O–H groups in total. The van der Waals surface area contributed by atoms with Crippen LogP contribution in [0, 0.1) is 11.8 Å². The Morgan fingerprint density at radius 1 is 1.17 bits per heavy atom. The summed E-state index contributed by atoms with van der Waals surface area (Å²) in [5.74, 6) is 1.30. The van der Waals surface area contributed by atoms with Crippen LogP contribution in [0.1, 0.15) is 45.6 Å². The lowest BCUT2D eigenvalue weighted by atomic mass is 9.78. The van der Waals surface area contributed by atoms with Crippen molar-refractivity contribution < 1.29 is 18.1 Å². The van der Waals surface area contributed by atoms with Crippen LogP contribution < -0.4 is 10.2 Å². The Kier molecular flexibility index (Phi) is 7.35. The maximum Gasteiger partial charge on any atom is 0.278 e. The molecule has 1 aliphatic heterocycles. The summed E-state index contributed by atoms with van der Waals surface area (Å²) < 4.78 is 27.0. The number of nitrogens with one attached hydrogen (secondary N) is 2. The van der Waals surface area contributed by atoms with Gasteiger partial charge in [-0.2, -0.15) is 4.31 Å². The van der Waals surface area contributed by atoms with E-state index >= 15 is 0 Å². The number of benzene rings is 1. The fourth-order valence-electron chi connectivity index (χ4n) is 4.64. The van der Waals surface area contributed by atoms with Gasteiger partial charge in [-0.05, 0) is 30.7 Å². The van der Waals surface area contributed by atoms with Crippen molar-refractivity contribution in [3.05, 3.63) is 35.9 Å². The first-order valence-corrected chi connectivity index (χ1v) is 12.6. The van der Waals surface area contributed by atoms with E-state index in [1.54, 1.807) is 4.31 Å². The van der Waals surface area contributed by atoms with Gasteiger partial charge in [-0.25, -0.2) is 8.42 Å². The van der Waals surface area contributed by atoms with Gasteiger partial charge in [0.1, 0.15) is 0 Å². The summed E-state index contributed by atoms with van der Waals surface area (Å²) in [5, 5.41) is 3.28. The lowest BCUT2D eigenvalue weighted by Crippen LogP contribution is -3.19. The van der Waals surface area contributed by atoms with Crippen molar-refractivity contribution in [2.75, 3.05) is 26.2 Å². The molecule has 7 heteroatoms. The van der Waals surface area contributed by atoms with Gasteiger partial charge in [-0.3, -0.25) is 4.79 Å². The number of nitrogens with zero attached hydrogens (tertiary/aromatic N) is 1. The van der Waals surface area contributed by atoms with Crippen LogP contribution in [0.4, 0.5) is 0 Å². The van der Waals surface area contributed by atoms with E-state index in [1.807, 2.05) is 37.3 Å². The van der Waals surface area contributed by atoms with Crippen molar-refractivity contribution in [2.24, 2.45) is 11.8 Å². The predicted octanol–water partition coefficient (Wildman–Crippen LogP) is 1.05. The van der Waals surface area contributed by atoms with Gasteiger partial charge in [0.2, 0.25) is 10.0 Å². The highest BCUT2D eigenvalue weighted by molar-refractivity contribution is 7.88. The Morgan fingerprint density at radius 2 is 1.83 bits per heavy atom. The molecule has 2 aliphatic rings. The summed E-state index contributed by atoms with van der Waals surface area (Å²) >= 11 is 0. The predicted molar refractivity (Wildman–Crippen MR) is 115 cm³/mol. The van der Waals surface area contributed by atoms with E-state index in [2.05, 4.69) is 19.2 Å². The molecule has 0 unspecified atom stereocenters. The number of hydrogen-bond acceptors (Lipinski definition) is 3. The van der Waals surface area contributed by atoms with E-state index in [0.717, 1.165) is 12.0 Å². The maximum atomic E-state index is 12.8. The lowest BCUT2D eigenvalue weighted by molar-refractivity contribution is -0.917. The van der Waals surface area contributed by atoms with Crippen molar-refractivity contribution in [2.45, 2.75) is 57.9 Å². The van der Waals surface area contributed by atoms with E-state index in [4.69, 9.17) is 0 Å². The van der Waals surface area contributed by atoms with Crippen LogP contribution in [-0.2, 0) is 20.6 Å².